The van der Waals surface area contributed by atoms with Gasteiger partial charge < -0.3 is 5.73 Å². The van der Waals surface area contributed by atoms with Crippen molar-refractivity contribution >= 4 is 17.6 Å². The first kappa shape index (κ1) is 7.37. The summed E-state index contributed by atoms with van der Waals surface area (Å²) in [6, 6.07) is 0. The molecular weight excluding hydrogens is 146 g/mol. The van der Waals surface area contributed by atoms with Crippen LogP contribution in [-0.2, 0) is 0 Å². The van der Waals surface area contributed by atoms with Crippen LogP contribution in [0.25, 0.3) is 6.08 Å². The Morgan fingerprint density at radius 2 is 2.50 bits per heavy atom. The van der Waals surface area contributed by atoms with Crippen LogP contribution in [0.3, 0.4) is 0 Å². The maximum atomic E-state index is 5.27. The van der Waals surface area contributed by atoms with Crippen molar-refractivity contribution in [2.24, 2.45) is 5.73 Å². The number of aryl methyl sites for hydroxylation is 1. The first-order valence-electron chi connectivity index (χ1n) is 3.00. The van der Waals surface area contributed by atoms with Gasteiger partial charge >= 0.3 is 0 Å². The molecule has 0 aliphatic heterocycles. The van der Waals surface area contributed by atoms with Crippen molar-refractivity contribution in [3.63, 3.8) is 0 Å². The minimum Gasteiger partial charge on any atom is -0.327 e. The number of rotatable bonds is 2. The molecule has 54 valence electrons. The molecule has 0 amide bonds. The molecule has 1 rings (SSSR count). The van der Waals surface area contributed by atoms with Crippen LogP contribution < -0.4 is 5.73 Å². The van der Waals surface area contributed by atoms with Crippen LogP contribution >= 0.6 is 11.5 Å². The summed E-state index contributed by atoms with van der Waals surface area (Å²) in [5, 5.41) is 3.85. The van der Waals surface area contributed by atoms with Crippen molar-refractivity contribution in [3.05, 3.63) is 16.6 Å². The molecule has 0 saturated carbocycles. The molecule has 0 aliphatic rings. The number of nitrogens with two attached hydrogens (primary N) is 1. The van der Waals surface area contributed by atoms with E-state index in [0.717, 1.165) is 10.6 Å². The fraction of sp³-hybridized carbons (Fsp3) is 0.333. The molecular formula is C6H9N3S. The van der Waals surface area contributed by atoms with Crippen molar-refractivity contribution in [2.75, 3.05) is 6.54 Å². The second-order valence-electron chi connectivity index (χ2n) is 1.86. The van der Waals surface area contributed by atoms with Crippen LogP contribution in [0.2, 0.25) is 0 Å². The lowest BCUT2D eigenvalue weighted by Crippen LogP contribution is -1.91. The summed E-state index contributed by atoms with van der Waals surface area (Å²) in [5.74, 6) is 0. The average Bonchev–Trinajstić information content (AvgIpc) is 2.31. The van der Waals surface area contributed by atoms with E-state index in [0.29, 0.717) is 6.54 Å². The Morgan fingerprint density at radius 3 is 3.00 bits per heavy atom. The van der Waals surface area contributed by atoms with E-state index in [9.17, 15) is 0 Å². The van der Waals surface area contributed by atoms with Gasteiger partial charge in [0.25, 0.3) is 0 Å². The Bertz CT molecular complexity index is 229. The van der Waals surface area contributed by atoms with Crippen molar-refractivity contribution in [1.82, 2.24) is 9.59 Å². The Labute approximate surface area is 63.7 Å². The minimum absolute atomic E-state index is 0.567. The van der Waals surface area contributed by atoms with Gasteiger partial charge in [-0.3, -0.25) is 0 Å². The zero-order valence-corrected chi connectivity index (χ0v) is 6.56. The highest BCUT2D eigenvalue weighted by molar-refractivity contribution is 7.06. The van der Waals surface area contributed by atoms with Gasteiger partial charge in [-0.05, 0) is 24.5 Å². The Kier molecular flexibility index (Phi) is 2.53. The quantitative estimate of drug-likeness (QED) is 0.688. The summed E-state index contributed by atoms with van der Waals surface area (Å²) in [6.07, 6.45) is 3.84. The number of hydrogen-bond donors (Lipinski definition) is 1. The third-order valence-corrected chi connectivity index (χ3v) is 1.88. The van der Waals surface area contributed by atoms with Gasteiger partial charge in [0.05, 0.1) is 10.6 Å². The molecule has 0 unspecified atom stereocenters. The van der Waals surface area contributed by atoms with Crippen molar-refractivity contribution < 1.29 is 0 Å². The highest BCUT2D eigenvalue weighted by atomic mass is 32.1. The summed E-state index contributed by atoms with van der Waals surface area (Å²) < 4.78 is 3.77. The largest absolute Gasteiger partial charge is 0.327 e. The third kappa shape index (κ3) is 1.62. The summed E-state index contributed by atoms with van der Waals surface area (Å²) in [5.41, 5.74) is 6.24. The summed E-state index contributed by atoms with van der Waals surface area (Å²) >= 11 is 1.39. The molecule has 3 nitrogen and oxygen atoms in total. The maximum absolute atomic E-state index is 5.27. The zero-order valence-electron chi connectivity index (χ0n) is 5.74. The van der Waals surface area contributed by atoms with E-state index in [1.807, 2.05) is 19.1 Å². The van der Waals surface area contributed by atoms with E-state index < -0.39 is 0 Å². The topological polar surface area (TPSA) is 51.8 Å². The normalized spacial score (nSPS) is 11.0. The van der Waals surface area contributed by atoms with Gasteiger partial charge in [0.2, 0.25) is 0 Å². The van der Waals surface area contributed by atoms with E-state index >= 15 is 0 Å². The Balaban J connectivity index is 2.74. The van der Waals surface area contributed by atoms with E-state index in [2.05, 4.69) is 9.59 Å². The molecule has 0 saturated heterocycles. The Morgan fingerprint density at radius 1 is 1.70 bits per heavy atom. The van der Waals surface area contributed by atoms with Crippen molar-refractivity contribution in [2.45, 2.75) is 6.92 Å². The maximum Gasteiger partial charge on any atom is 0.0797 e. The molecule has 1 aromatic rings. The molecule has 0 aliphatic carbocycles. The number of aromatic nitrogens is 2. The standard InChI is InChI=1S/C6H9N3S/c1-5-6(3-2-4-7)10-9-8-5/h2-3H,4,7H2,1H3/b3-2+. The van der Waals surface area contributed by atoms with Gasteiger partial charge in [-0.1, -0.05) is 10.6 Å². The summed E-state index contributed by atoms with van der Waals surface area (Å²) in [7, 11) is 0. The van der Waals surface area contributed by atoms with Gasteiger partial charge in [-0.25, -0.2) is 0 Å². The van der Waals surface area contributed by atoms with Crippen molar-refractivity contribution in [1.29, 1.82) is 0 Å². The predicted molar refractivity (Wildman–Crippen MR) is 42.7 cm³/mol. The molecule has 1 aromatic heterocycles. The smallest absolute Gasteiger partial charge is 0.0797 e. The second-order valence-corrected chi connectivity index (χ2v) is 2.65. The lowest BCUT2D eigenvalue weighted by atomic mass is 10.3. The predicted octanol–water partition coefficient (Wildman–Crippen LogP) is 0.818. The lowest BCUT2D eigenvalue weighted by molar-refractivity contribution is 1.09. The average molecular weight is 155 g/mol. The third-order valence-electron chi connectivity index (χ3n) is 1.09. The highest BCUT2D eigenvalue weighted by Crippen LogP contribution is 2.09. The molecule has 1 heterocycles. The molecule has 10 heavy (non-hydrogen) atoms. The van der Waals surface area contributed by atoms with E-state index in [4.69, 9.17) is 5.73 Å². The first-order chi connectivity index (χ1) is 4.84. The fourth-order valence-corrected chi connectivity index (χ4v) is 1.15. The SMILES string of the molecule is Cc1nnsc1/C=C/CN. The molecule has 0 atom stereocenters. The van der Waals surface area contributed by atoms with Gasteiger partial charge in [0.1, 0.15) is 0 Å². The van der Waals surface area contributed by atoms with E-state index in [-0.39, 0.29) is 0 Å². The van der Waals surface area contributed by atoms with Crippen LogP contribution in [0.1, 0.15) is 10.6 Å². The van der Waals surface area contributed by atoms with Gasteiger partial charge in [-0.15, -0.1) is 5.10 Å². The van der Waals surface area contributed by atoms with Crippen LogP contribution in [0, 0.1) is 6.92 Å². The molecule has 0 aromatic carbocycles. The molecule has 0 radical (unpaired) electrons. The van der Waals surface area contributed by atoms with Crippen LogP contribution in [0.15, 0.2) is 6.08 Å². The van der Waals surface area contributed by atoms with Gasteiger partial charge in [0.15, 0.2) is 0 Å². The molecule has 0 bridgehead atoms. The monoisotopic (exact) mass is 155 g/mol. The second kappa shape index (κ2) is 3.43. The van der Waals surface area contributed by atoms with Crippen LogP contribution in [0.4, 0.5) is 0 Å². The van der Waals surface area contributed by atoms with Gasteiger partial charge in [0, 0.05) is 6.54 Å². The highest BCUT2D eigenvalue weighted by Gasteiger charge is 1.95. The minimum atomic E-state index is 0.567. The molecule has 4 heteroatoms. The summed E-state index contributed by atoms with van der Waals surface area (Å²) in [4.78, 5) is 1.09. The fourth-order valence-electron chi connectivity index (χ4n) is 0.567. The number of hydrogen-bond acceptors (Lipinski definition) is 4. The Hall–Kier alpha value is -0.740. The molecule has 0 fully saturated rings. The summed E-state index contributed by atoms with van der Waals surface area (Å²) in [6.45, 7) is 2.50. The lowest BCUT2D eigenvalue weighted by Gasteiger charge is -1.82. The zero-order chi connectivity index (χ0) is 7.40. The first-order valence-corrected chi connectivity index (χ1v) is 3.77. The molecule has 2 N–H and O–H groups in total. The molecule has 0 spiro atoms. The van der Waals surface area contributed by atoms with E-state index in [1.54, 1.807) is 0 Å². The van der Waals surface area contributed by atoms with Crippen LogP contribution in [0.5, 0.6) is 0 Å². The van der Waals surface area contributed by atoms with E-state index in [1.165, 1.54) is 11.5 Å². The van der Waals surface area contributed by atoms with Crippen LogP contribution in [-0.4, -0.2) is 16.1 Å². The van der Waals surface area contributed by atoms with Gasteiger partial charge in [-0.2, -0.15) is 0 Å². The number of nitrogens with zero attached hydrogens (tertiary/aromatic N) is 2. The van der Waals surface area contributed by atoms with Crippen molar-refractivity contribution in [3.8, 4) is 0 Å².